The monoisotopic (exact) mass is 473 g/mol. The Hall–Kier alpha value is -3.37. The van der Waals surface area contributed by atoms with E-state index in [0.717, 1.165) is 11.6 Å². The van der Waals surface area contributed by atoms with Crippen LogP contribution in [-0.4, -0.2) is 66.4 Å². The molecule has 0 atom stereocenters. The van der Waals surface area contributed by atoms with E-state index in [1.54, 1.807) is 30.3 Å². The first-order chi connectivity index (χ1) is 16.4. The van der Waals surface area contributed by atoms with Crippen molar-refractivity contribution in [2.75, 3.05) is 56.7 Å². The molecule has 1 aliphatic rings. The number of aromatic nitrogens is 2. The van der Waals surface area contributed by atoms with E-state index >= 15 is 0 Å². The highest BCUT2D eigenvalue weighted by atomic mass is 19.4. The molecule has 7 nitrogen and oxygen atoms in total. The Balaban J connectivity index is 1.56. The number of piperazine rings is 1. The number of methoxy groups -OCH3 is 1. The van der Waals surface area contributed by atoms with Crippen molar-refractivity contribution in [3.05, 3.63) is 60.3 Å². The molecule has 1 fully saturated rings. The number of hydrogen-bond donors (Lipinski definition) is 2. The van der Waals surface area contributed by atoms with E-state index in [1.165, 1.54) is 6.07 Å². The zero-order chi connectivity index (χ0) is 24.1. The minimum atomic E-state index is -4.52. The van der Waals surface area contributed by atoms with Gasteiger partial charge in [0.1, 0.15) is 5.75 Å². The second kappa shape index (κ2) is 10.3. The number of nitrogens with zero attached hydrogens (tertiary/aromatic N) is 4. The van der Waals surface area contributed by atoms with Gasteiger partial charge in [0.05, 0.1) is 25.0 Å². The first kappa shape index (κ1) is 23.8. The standard InChI is InChI=1S/C24H26F3N5O2/c1-34-19-4-2-3-17(15-19)21-7-8-28-23(30-21)29-18-5-6-22(20(16-18)24(25,26)27)32-11-9-31(10-12-32)13-14-33/h2-8,15-16,33H,9-14H2,1H3,(H,28,29,30). The maximum Gasteiger partial charge on any atom is 0.418 e. The van der Waals surface area contributed by atoms with Gasteiger partial charge in [0, 0.05) is 55.9 Å². The van der Waals surface area contributed by atoms with Crippen LogP contribution in [0.1, 0.15) is 5.56 Å². The molecule has 2 aromatic carbocycles. The van der Waals surface area contributed by atoms with Gasteiger partial charge in [-0.05, 0) is 36.4 Å². The summed E-state index contributed by atoms with van der Waals surface area (Å²) in [5.74, 6) is 0.868. The molecule has 3 aromatic rings. The molecule has 0 unspecified atom stereocenters. The van der Waals surface area contributed by atoms with Gasteiger partial charge >= 0.3 is 6.18 Å². The number of halogens is 3. The van der Waals surface area contributed by atoms with Crippen LogP contribution in [-0.2, 0) is 6.18 Å². The lowest BCUT2D eigenvalue weighted by atomic mass is 10.1. The van der Waals surface area contributed by atoms with Crippen LogP contribution in [0.4, 0.5) is 30.5 Å². The molecule has 1 saturated heterocycles. The van der Waals surface area contributed by atoms with Crippen LogP contribution < -0.4 is 15.0 Å². The maximum absolute atomic E-state index is 13.9. The zero-order valence-electron chi connectivity index (χ0n) is 18.7. The second-order valence-corrected chi connectivity index (χ2v) is 7.90. The third-order valence-corrected chi connectivity index (χ3v) is 5.71. The fraction of sp³-hybridized carbons (Fsp3) is 0.333. The Bertz CT molecular complexity index is 1120. The Kier molecular flexibility index (Phi) is 7.18. The van der Waals surface area contributed by atoms with E-state index in [2.05, 4.69) is 15.3 Å². The molecule has 180 valence electrons. The molecular formula is C24H26F3N5O2. The lowest BCUT2D eigenvalue weighted by Gasteiger charge is -2.37. The van der Waals surface area contributed by atoms with E-state index in [1.807, 2.05) is 29.2 Å². The van der Waals surface area contributed by atoms with Gasteiger partial charge in [0.25, 0.3) is 0 Å². The van der Waals surface area contributed by atoms with Crippen molar-refractivity contribution in [2.24, 2.45) is 0 Å². The maximum atomic E-state index is 13.9. The van der Waals surface area contributed by atoms with Gasteiger partial charge in [-0.3, -0.25) is 4.90 Å². The molecule has 10 heteroatoms. The van der Waals surface area contributed by atoms with Crippen molar-refractivity contribution in [1.82, 2.24) is 14.9 Å². The van der Waals surface area contributed by atoms with Gasteiger partial charge in [-0.15, -0.1) is 0 Å². The summed E-state index contributed by atoms with van der Waals surface area (Å²) >= 11 is 0. The average Bonchev–Trinajstić information content (AvgIpc) is 2.84. The van der Waals surface area contributed by atoms with Crippen LogP contribution in [0.25, 0.3) is 11.3 Å². The predicted octanol–water partition coefficient (Wildman–Crippen LogP) is 4.03. The van der Waals surface area contributed by atoms with Crippen LogP contribution >= 0.6 is 0 Å². The van der Waals surface area contributed by atoms with Gasteiger partial charge in [-0.25, -0.2) is 9.97 Å². The Morgan fingerprint density at radius 3 is 2.56 bits per heavy atom. The lowest BCUT2D eigenvalue weighted by molar-refractivity contribution is -0.137. The third kappa shape index (κ3) is 5.57. The quantitative estimate of drug-likeness (QED) is 0.537. The molecular weight excluding hydrogens is 447 g/mol. The van der Waals surface area contributed by atoms with Crippen molar-refractivity contribution in [2.45, 2.75) is 6.18 Å². The van der Waals surface area contributed by atoms with Gasteiger partial charge in [-0.2, -0.15) is 13.2 Å². The van der Waals surface area contributed by atoms with E-state index in [-0.39, 0.29) is 23.9 Å². The smallest absolute Gasteiger partial charge is 0.418 e. The molecule has 0 aliphatic carbocycles. The zero-order valence-corrected chi connectivity index (χ0v) is 18.7. The van der Waals surface area contributed by atoms with Crippen LogP contribution in [0.5, 0.6) is 5.75 Å². The van der Waals surface area contributed by atoms with Crippen LogP contribution in [0.2, 0.25) is 0 Å². The fourth-order valence-corrected chi connectivity index (χ4v) is 3.96. The second-order valence-electron chi connectivity index (χ2n) is 7.90. The largest absolute Gasteiger partial charge is 0.497 e. The fourth-order valence-electron chi connectivity index (χ4n) is 3.96. The average molecular weight is 473 g/mol. The molecule has 34 heavy (non-hydrogen) atoms. The molecule has 2 N–H and O–H groups in total. The number of β-amino-alcohol motifs (C(OH)–C–C–N with tert-alkyl or cyclic N) is 1. The van der Waals surface area contributed by atoms with Crippen molar-refractivity contribution in [3.63, 3.8) is 0 Å². The molecule has 4 rings (SSSR count). The lowest BCUT2D eigenvalue weighted by Crippen LogP contribution is -2.47. The minimum absolute atomic E-state index is 0.0370. The molecule has 0 saturated carbocycles. The number of ether oxygens (including phenoxy) is 1. The van der Waals surface area contributed by atoms with Crippen molar-refractivity contribution in [3.8, 4) is 17.0 Å². The topological polar surface area (TPSA) is 73.8 Å². The highest BCUT2D eigenvalue weighted by molar-refractivity contribution is 5.67. The summed E-state index contributed by atoms with van der Waals surface area (Å²) in [5.41, 5.74) is 1.10. The number of benzene rings is 2. The summed E-state index contributed by atoms with van der Waals surface area (Å²) < 4.78 is 47.0. The summed E-state index contributed by atoms with van der Waals surface area (Å²) in [6.07, 6.45) is -2.96. The van der Waals surface area contributed by atoms with E-state index < -0.39 is 11.7 Å². The highest BCUT2D eigenvalue weighted by Gasteiger charge is 2.36. The Morgan fingerprint density at radius 2 is 1.85 bits per heavy atom. The molecule has 1 aliphatic heterocycles. The summed E-state index contributed by atoms with van der Waals surface area (Å²) in [5, 5.41) is 12.0. The number of aliphatic hydroxyl groups excluding tert-OH is 1. The van der Waals surface area contributed by atoms with Gasteiger partial charge in [0.2, 0.25) is 5.95 Å². The molecule has 0 bridgehead atoms. The van der Waals surface area contributed by atoms with Crippen LogP contribution in [0.3, 0.4) is 0 Å². The normalized spacial score (nSPS) is 14.8. The molecule has 0 spiro atoms. The number of rotatable bonds is 7. The van der Waals surface area contributed by atoms with Crippen LogP contribution in [0.15, 0.2) is 54.7 Å². The van der Waals surface area contributed by atoms with Crippen molar-refractivity contribution >= 4 is 17.3 Å². The SMILES string of the molecule is COc1cccc(-c2ccnc(Nc3ccc(N4CCN(CCO)CC4)c(C(F)(F)F)c3)n2)c1. The third-order valence-electron chi connectivity index (χ3n) is 5.71. The van der Waals surface area contributed by atoms with Crippen molar-refractivity contribution < 1.29 is 23.0 Å². The summed E-state index contributed by atoms with van der Waals surface area (Å²) in [4.78, 5) is 12.4. The Labute approximate surface area is 195 Å². The number of hydrogen-bond acceptors (Lipinski definition) is 7. The Morgan fingerprint density at radius 1 is 1.06 bits per heavy atom. The molecule has 0 radical (unpaired) electrons. The van der Waals surface area contributed by atoms with E-state index in [9.17, 15) is 13.2 Å². The number of anilines is 3. The summed E-state index contributed by atoms with van der Waals surface area (Å²) in [6.45, 7) is 2.68. The van der Waals surface area contributed by atoms with Gasteiger partial charge in [0.15, 0.2) is 0 Å². The molecule has 2 heterocycles. The summed E-state index contributed by atoms with van der Waals surface area (Å²) in [7, 11) is 1.57. The molecule has 1 aromatic heterocycles. The number of aliphatic hydroxyl groups is 1. The van der Waals surface area contributed by atoms with Crippen LogP contribution in [0, 0.1) is 0 Å². The van der Waals surface area contributed by atoms with Gasteiger partial charge < -0.3 is 20.1 Å². The molecule has 0 amide bonds. The number of nitrogens with one attached hydrogen (secondary N) is 1. The summed E-state index contributed by atoms with van der Waals surface area (Å²) in [6, 6.07) is 13.2. The minimum Gasteiger partial charge on any atom is -0.497 e. The van der Waals surface area contributed by atoms with E-state index in [4.69, 9.17) is 9.84 Å². The predicted molar refractivity (Wildman–Crippen MR) is 124 cm³/mol. The number of alkyl halides is 3. The highest BCUT2D eigenvalue weighted by Crippen LogP contribution is 2.39. The van der Waals surface area contributed by atoms with E-state index in [0.29, 0.717) is 44.2 Å². The first-order valence-corrected chi connectivity index (χ1v) is 10.9. The van der Waals surface area contributed by atoms with Gasteiger partial charge in [-0.1, -0.05) is 12.1 Å². The van der Waals surface area contributed by atoms with Crippen molar-refractivity contribution in [1.29, 1.82) is 0 Å². The first-order valence-electron chi connectivity index (χ1n) is 10.9.